The van der Waals surface area contributed by atoms with E-state index in [0.29, 0.717) is 5.69 Å². The molecule has 0 saturated heterocycles. The largest absolute Gasteiger partial charge is 0.385 e. The molecule has 0 atom stereocenters. The molecule has 0 bridgehead atoms. The van der Waals surface area contributed by atoms with Gasteiger partial charge in [0.1, 0.15) is 5.69 Å². The quantitative estimate of drug-likeness (QED) is 0.769. The third kappa shape index (κ3) is 4.79. The summed E-state index contributed by atoms with van der Waals surface area (Å²) in [6.45, 7) is 5.54. The summed E-state index contributed by atoms with van der Waals surface area (Å²) in [5, 5.41) is 6.15. The topological polar surface area (TPSA) is 63.2 Å². The SMILES string of the molecule is COCCCNc1ccc(C(=O)Nc2cccc(C)c2C)nc1. The number of aromatic nitrogens is 1. The van der Waals surface area contributed by atoms with Gasteiger partial charge in [-0.15, -0.1) is 0 Å². The van der Waals surface area contributed by atoms with Crippen LogP contribution in [0.4, 0.5) is 11.4 Å². The zero-order chi connectivity index (χ0) is 16.7. The number of hydrogen-bond donors (Lipinski definition) is 2. The van der Waals surface area contributed by atoms with E-state index >= 15 is 0 Å². The minimum absolute atomic E-state index is 0.204. The number of nitrogens with zero attached hydrogens (tertiary/aromatic N) is 1. The molecular weight excluding hydrogens is 290 g/mol. The van der Waals surface area contributed by atoms with Crippen molar-refractivity contribution in [3.8, 4) is 0 Å². The first-order chi connectivity index (χ1) is 11.1. The van der Waals surface area contributed by atoms with Gasteiger partial charge in [0.2, 0.25) is 0 Å². The van der Waals surface area contributed by atoms with Gasteiger partial charge in [0.05, 0.1) is 11.9 Å². The number of benzene rings is 1. The van der Waals surface area contributed by atoms with Gasteiger partial charge >= 0.3 is 0 Å². The second-order valence-electron chi connectivity index (χ2n) is 5.41. The maximum absolute atomic E-state index is 12.3. The van der Waals surface area contributed by atoms with Gasteiger partial charge in [-0.25, -0.2) is 4.98 Å². The summed E-state index contributed by atoms with van der Waals surface area (Å²) in [5.74, 6) is -0.204. The Bertz CT molecular complexity index is 654. The Morgan fingerprint density at radius 3 is 2.74 bits per heavy atom. The lowest BCUT2D eigenvalue weighted by atomic mass is 10.1. The Labute approximate surface area is 137 Å². The summed E-state index contributed by atoms with van der Waals surface area (Å²) in [6.07, 6.45) is 2.59. The molecule has 0 spiro atoms. The first-order valence-electron chi connectivity index (χ1n) is 7.68. The molecule has 0 fully saturated rings. The highest BCUT2D eigenvalue weighted by Gasteiger charge is 2.09. The van der Waals surface area contributed by atoms with E-state index in [9.17, 15) is 4.79 Å². The predicted octanol–water partition coefficient (Wildman–Crippen LogP) is 3.40. The molecule has 1 aromatic heterocycles. The molecule has 122 valence electrons. The Kier molecular flexibility index (Phi) is 6.11. The zero-order valence-electron chi connectivity index (χ0n) is 13.8. The first-order valence-corrected chi connectivity index (χ1v) is 7.68. The fourth-order valence-corrected chi connectivity index (χ4v) is 2.15. The number of amides is 1. The highest BCUT2D eigenvalue weighted by Crippen LogP contribution is 2.18. The molecule has 0 saturated carbocycles. The van der Waals surface area contributed by atoms with Crippen molar-refractivity contribution in [3.63, 3.8) is 0 Å². The van der Waals surface area contributed by atoms with E-state index in [0.717, 1.165) is 42.1 Å². The van der Waals surface area contributed by atoms with Crippen LogP contribution in [0.15, 0.2) is 36.5 Å². The van der Waals surface area contributed by atoms with E-state index in [2.05, 4.69) is 15.6 Å². The van der Waals surface area contributed by atoms with Crippen molar-refractivity contribution in [1.29, 1.82) is 0 Å². The summed E-state index contributed by atoms with van der Waals surface area (Å²) >= 11 is 0. The number of anilines is 2. The molecule has 1 amide bonds. The van der Waals surface area contributed by atoms with Gasteiger partial charge in [-0.3, -0.25) is 4.79 Å². The van der Waals surface area contributed by atoms with Crippen molar-refractivity contribution in [3.05, 3.63) is 53.3 Å². The second-order valence-corrected chi connectivity index (χ2v) is 5.41. The van der Waals surface area contributed by atoms with Crippen LogP contribution >= 0.6 is 0 Å². The molecule has 0 aliphatic rings. The van der Waals surface area contributed by atoms with Crippen molar-refractivity contribution in [1.82, 2.24) is 4.98 Å². The van der Waals surface area contributed by atoms with Gasteiger partial charge in [-0.2, -0.15) is 0 Å². The van der Waals surface area contributed by atoms with Crippen LogP contribution in [-0.4, -0.2) is 31.2 Å². The van der Waals surface area contributed by atoms with Gasteiger partial charge in [0.15, 0.2) is 0 Å². The summed E-state index contributed by atoms with van der Waals surface area (Å²) in [4.78, 5) is 16.5. The highest BCUT2D eigenvalue weighted by atomic mass is 16.5. The van der Waals surface area contributed by atoms with Crippen molar-refractivity contribution < 1.29 is 9.53 Å². The van der Waals surface area contributed by atoms with E-state index in [4.69, 9.17) is 4.74 Å². The van der Waals surface area contributed by atoms with Crippen LogP contribution in [0.1, 0.15) is 28.0 Å². The predicted molar refractivity (Wildman–Crippen MR) is 93.1 cm³/mol. The van der Waals surface area contributed by atoms with Crippen LogP contribution in [0.5, 0.6) is 0 Å². The minimum Gasteiger partial charge on any atom is -0.385 e. The number of methoxy groups -OCH3 is 1. The number of pyridine rings is 1. The lowest BCUT2D eigenvalue weighted by Gasteiger charge is -2.10. The van der Waals surface area contributed by atoms with Gasteiger partial charge in [0, 0.05) is 25.9 Å². The van der Waals surface area contributed by atoms with Crippen molar-refractivity contribution in [2.45, 2.75) is 20.3 Å². The molecule has 2 N–H and O–H groups in total. The molecule has 2 rings (SSSR count). The molecule has 2 aromatic rings. The Morgan fingerprint density at radius 1 is 1.22 bits per heavy atom. The number of rotatable bonds is 7. The Hall–Kier alpha value is -2.40. The standard InChI is InChI=1S/C18H23N3O2/c1-13-6-4-7-16(14(13)2)21-18(22)17-9-8-15(12-20-17)19-10-5-11-23-3/h4,6-9,12,19H,5,10-11H2,1-3H3,(H,21,22). The summed E-state index contributed by atoms with van der Waals surface area (Å²) in [5.41, 5.74) is 4.32. The molecule has 1 heterocycles. The Morgan fingerprint density at radius 2 is 2.04 bits per heavy atom. The third-order valence-electron chi connectivity index (χ3n) is 3.70. The summed E-state index contributed by atoms with van der Waals surface area (Å²) in [7, 11) is 1.69. The van der Waals surface area contributed by atoms with Crippen LogP contribution in [0.2, 0.25) is 0 Å². The molecular formula is C18H23N3O2. The van der Waals surface area contributed by atoms with E-state index in [-0.39, 0.29) is 5.91 Å². The summed E-state index contributed by atoms with van der Waals surface area (Å²) < 4.78 is 5.00. The first kappa shape index (κ1) is 17.0. The minimum atomic E-state index is -0.204. The number of hydrogen-bond acceptors (Lipinski definition) is 4. The molecule has 0 unspecified atom stereocenters. The number of nitrogens with one attached hydrogen (secondary N) is 2. The lowest BCUT2D eigenvalue weighted by Crippen LogP contribution is -2.15. The average molecular weight is 313 g/mol. The second kappa shape index (κ2) is 8.29. The number of aryl methyl sites for hydroxylation is 1. The molecule has 0 radical (unpaired) electrons. The smallest absolute Gasteiger partial charge is 0.274 e. The number of ether oxygens (including phenoxy) is 1. The maximum atomic E-state index is 12.3. The zero-order valence-corrected chi connectivity index (χ0v) is 13.8. The lowest BCUT2D eigenvalue weighted by molar-refractivity contribution is 0.102. The molecule has 23 heavy (non-hydrogen) atoms. The average Bonchev–Trinajstić information content (AvgIpc) is 2.56. The Balaban J connectivity index is 1.96. The summed E-state index contributed by atoms with van der Waals surface area (Å²) in [6, 6.07) is 9.43. The molecule has 5 nitrogen and oxygen atoms in total. The van der Waals surface area contributed by atoms with Crippen molar-refractivity contribution >= 4 is 17.3 Å². The van der Waals surface area contributed by atoms with E-state index in [1.807, 2.05) is 38.1 Å². The van der Waals surface area contributed by atoms with E-state index in [1.165, 1.54) is 0 Å². The van der Waals surface area contributed by atoms with Crippen LogP contribution in [0.3, 0.4) is 0 Å². The van der Waals surface area contributed by atoms with Crippen LogP contribution in [0, 0.1) is 13.8 Å². The highest BCUT2D eigenvalue weighted by molar-refractivity contribution is 6.03. The van der Waals surface area contributed by atoms with Crippen LogP contribution < -0.4 is 10.6 Å². The van der Waals surface area contributed by atoms with E-state index < -0.39 is 0 Å². The molecule has 0 aliphatic carbocycles. The normalized spacial score (nSPS) is 10.4. The van der Waals surface area contributed by atoms with Gasteiger partial charge in [0.25, 0.3) is 5.91 Å². The van der Waals surface area contributed by atoms with Crippen molar-refractivity contribution in [2.24, 2.45) is 0 Å². The fraction of sp³-hybridized carbons (Fsp3) is 0.333. The number of carbonyl (C=O) groups excluding carboxylic acids is 1. The van der Waals surface area contributed by atoms with Gasteiger partial charge < -0.3 is 15.4 Å². The van der Waals surface area contributed by atoms with Gasteiger partial charge in [-0.05, 0) is 49.6 Å². The van der Waals surface area contributed by atoms with Gasteiger partial charge in [-0.1, -0.05) is 12.1 Å². The fourth-order valence-electron chi connectivity index (χ4n) is 2.15. The van der Waals surface area contributed by atoms with E-state index in [1.54, 1.807) is 19.4 Å². The monoisotopic (exact) mass is 313 g/mol. The molecule has 1 aromatic carbocycles. The van der Waals surface area contributed by atoms with Crippen molar-refractivity contribution in [2.75, 3.05) is 30.9 Å². The third-order valence-corrected chi connectivity index (χ3v) is 3.70. The number of carbonyl (C=O) groups is 1. The van der Waals surface area contributed by atoms with Crippen LogP contribution in [-0.2, 0) is 4.74 Å². The van der Waals surface area contributed by atoms with Crippen LogP contribution in [0.25, 0.3) is 0 Å². The molecule has 5 heteroatoms. The molecule has 0 aliphatic heterocycles. The maximum Gasteiger partial charge on any atom is 0.274 e.